The Morgan fingerprint density at radius 2 is 2.12 bits per heavy atom. The molecule has 2 rings (SSSR count). The minimum Gasteiger partial charge on any atom is -0.460 e. The highest BCUT2D eigenvalue weighted by atomic mass is 35.5. The van der Waals surface area contributed by atoms with Crippen molar-refractivity contribution in [3.8, 4) is 0 Å². The van der Waals surface area contributed by atoms with E-state index >= 15 is 0 Å². The van der Waals surface area contributed by atoms with E-state index in [4.69, 9.17) is 16.0 Å². The average Bonchev–Trinajstić information content (AvgIpc) is 2.57. The number of Topliss-reactive ketones (excluding diaryl/α,β-unsaturated/α-hetero) is 1. The third kappa shape index (κ3) is 2.12. The van der Waals surface area contributed by atoms with E-state index in [0.717, 1.165) is 22.3 Å². The second kappa shape index (κ2) is 4.71. The van der Waals surface area contributed by atoms with Gasteiger partial charge in [0.25, 0.3) is 0 Å². The molecule has 3 heteroatoms. The quantitative estimate of drug-likeness (QED) is 0.761. The monoisotopic (exact) mass is 236 g/mol. The molecule has 16 heavy (non-hydrogen) atoms. The number of carbonyl (C=O) groups excluding carboxylic acids is 1. The summed E-state index contributed by atoms with van der Waals surface area (Å²) in [5, 5.41) is 1.08. The molecule has 2 aromatic rings. The number of fused-ring (bicyclic) bond motifs is 1. The maximum atomic E-state index is 11.5. The van der Waals surface area contributed by atoms with E-state index in [1.807, 2.05) is 31.2 Å². The van der Waals surface area contributed by atoms with E-state index in [9.17, 15) is 4.79 Å². The second-order valence-corrected chi connectivity index (χ2v) is 4.18. The van der Waals surface area contributed by atoms with Gasteiger partial charge < -0.3 is 4.42 Å². The number of aryl methyl sites for hydroxylation is 1. The molecule has 0 N–H and O–H groups in total. The molecule has 0 radical (unpaired) electrons. The number of benzene rings is 1. The zero-order chi connectivity index (χ0) is 11.5. The fourth-order valence-corrected chi connectivity index (χ4v) is 1.98. The predicted octanol–water partition coefficient (Wildman–Crippen LogP) is 3.48. The third-order valence-corrected chi connectivity index (χ3v) is 2.86. The Hall–Kier alpha value is -1.28. The summed E-state index contributed by atoms with van der Waals surface area (Å²) in [5.41, 5.74) is 1.90. The maximum absolute atomic E-state index is 11.5. The lowest BCUT2D eigenvalue weighted by atomic mass is 10.1. The van der Waals surface area contributed by atoms with Gasteiger partial charge in [0, 0.05) is 17.7 Å². The molecule has 0 amide bonds. The van der Waals surface area contributed by atoms with Crippen molar-refractivity contribution in [2.75, 3.05) is 5.88 Å². The molecule has 0 bridgehead atoms. The summed E-state index contributed by atoms with van der Waals surface area (Å²) in [7, 11) is 0. The fourth-order valence-electron chi connectivity index (χ4n) is 1.77. The van der Waals surface area contributed by atoms with E-state index in [0.29, 0.717) is 18.7 Å². The van der Waals surface area contributed by atoms with Crippen molar-refractivity contribution in [2.24, 2.45) is 0 Å². The Bertz CT molecular complexity index is 514. The molecule has 1 heterocycles. The van der Waals surface area contributed by atoms with E-state index in [-0.39, 0.29) is 5.78 Å². The number of hydrogen-bond acceptors (Lipinski definition) is 2. The number of rotatable bonds is 4. The van der Waals surface area contributed by atoms with Gasteiger partial charge in [-0.05, 0) is 18.6 Å². The average molecular weight is 237 g/mol. The Balaban J connectivity index is 2.31. The van der Waals surface area contributed by atoms with Gasteiger partial charge in [-0.25, -0.2) is 0 Å². The highest BCUT2D eigenvalue weighted by molar-refractivity contribution is 6.19. The van der Waals surface area contributed by atoms with Crippen LogP contribution < -0.4 is 0 Å². The van der Waals surface area contributed by atoms with E-state index in [1.54, 1.807) is 0 Å². The number of carbonyl (C=O) groups is 1. The molecule has 0 aliphatic carbocycles. The molecular weight excluding hydrogens is 224 g/mol. The normalized spacial score (nSPS) is 10.9. The Labute approximate surface area is 99.2 Å². The van der Waals surface area contributed by atoms with Crippen molar-refractivity contribution < 1.29 is 9.21 Å². The molecule has 1 aromatic carbocycles. The van der Waals surface area contributed by atoms with Gasteiger partial charge in [0.1, 0.15) is 17.1 Å². The molecule has 0 unspecified atom stereocenters. The highest BCUT2D eigenvalue weighted by Gasteiger charge is 2.12. The lowest BCUT2D eigenvalue weighted by molar-refractivity contribution is -0.118. The first-order chi connectivity index (χ1) is 7.72. The number of halogens is 1. The van der Waals surface area contributed by atoms with Crippen LogP contribution in [0.25, 0.3) is 11.0 Å². The van der Waals surface area contributed by atoms with Crippen LogP contribution in [-0.4, -0.2) is 11.7 Å². The van der Waals surface area contributed by atoms with Crippen molar-refractivity contribution in [2.45, 2.75) is 19.8 Å². The van der Waals surface area contributed by atoms with Gasteiger partial charge in [0.05, 0.1) is 6.42 Å². The number of furan rings is 1. The Morgan fingerprint density at radius 1 is 1.38 bits per heavy atom. The molecule has 0 aliphatic rings. The standard InChI is InChI=1S/C13H13ClO2/c1-9-11-4-2-3-5-12(11)16-13(9)8-10(15)6-7-14/h2-5H,6-8H2,1H3. The van der Waals surface area contributed by atoms with Gasteiger partial charge in [-0.1, -0.05) is 18.2 Å². The van der Waals surface area contributed by atoms with Crippen molar-refractivity contribution in [3.63, 3.8) is 0 Å². The zero-order valence-electron chi connectivity index (χ0n) is 9.13. The molecule has 0 atom stereocenters. The van der Waals surface area contributed by atoms with Crippen LogP contribution in [0.3, 0.4) is 0 Å². The van der Waals surface area contributed by atoms with Gasteiger partial charge in [0.2, 0.25) is 0 Å². The van der Waals surface area contributed by atoms with Crippen LogP contribution in [0.1, 0.15) is 17.7 Å². The van der Waals surface area contributed by atoms with Crippen LogP contribution in [0, 0.1) is 6.92 Å². The summed E-state index contributed by atoms with van der Waals surface area (Å²) in [6, 6.07) is 7.81. The van der Waals surface area contributed by atoms with Crippen molar-refractivity contribution >= 4 is 28.4 Å². The molecule has 84 valence electrons. The van der Waals surface area contributed by atoms with Crippen LogP contribution in [-0.2, 0) is 11.2 Å². The van der Waals surface area contributed by atoms with Gasteiger partial charge in [-0.2, -0.15) is 0 Å². The van der Waals surface area contributed by atoms with E-state index in [2.05, 4.69) is 0 Å². The summed E-state index contributed by atoms with van der Waals surface area (Å²) in [6.45, 7) is 1.98. The number of ketones is 1. The van der Waals surface area contributed by atoms with Crippen molar-refractivity contribution in [3.05, 3.63) is 35.6 Å². The van der Waals surface area contributed by atoms with Gasteiger partial charge in [-0.15, -0.1) is 11.6 Å². The van der Waals surface area contributed by atoms with Crippen LogP contribution in [0.5, 0.6) is 0 Å². The number of alkyl halides is 1. The number of para-hydroxylation sites is 1. The lowest BCUT2D eigenvalue weighted by Gasteiger charge is -1.96. The molecule has 1 aromatic heterocycles. The van der Waals surface area contributed by atoms with Crippen LogP contribution in [0.15, 0.2) is 28.7 Å². The fraction of sp³-hybridized carbons (Fsp3) is 0.308. The number of hydrogen-bond donors (Lipinski definition) is 0. The van der Waals surface area contributed by atoms with Gasteiger partial charge in [0.15, 0.2) is 0 Å². The summed E-state index contributed by atoms with van der Waals surface area (Å²) >= 11 is 5.53. The molecule has 0 spiro atoms. The smallest absolute Gasteiger partial charge is 0.141 e. The SMILES string of the molecule is Cc1c(CC(=O)CCCl)oc2ccccc12. The van der Waals surface area contributed by atoms with E-state index in [1.165, 1.54) is 0 Å². The summed E-state index contributed by atoms with van der Waals surface area (Å²) in [6.07, 6.45) is 0.741. The Kier molecular flexibility index (Phi) is 3.30. The molecule has 0 fully saturated rings. The first-order valence-electron chi connectivity index (χ1n) is 5.27. The molecule has 0 aliphatic heterocycles. The predicted molar refractivity (Wildman–Crippen MR) is 65.0 cm³/mol. The second-order valence-electron chi connectivity index (χ2n) is 3.80. The van der Waals surface area contributed by atoms with Crippen LogP contribution >= 0.6 is 11.6 Å². The lowest BCUT2D eigenvalue weighted by Crippen LogP contribution is -2.03. The van der Waals surface area contributed by atoms with Crippen LogP contribution in [0.4, 0.5) is 0 Å². The molecular formula is C13H13ClO2. The topological polar surface area (TPSA) is 30.2 Å². The highest BCUT2D eigenvalue weighted by Crippen LogP contribution is 2.25. The van der Waals surface area contributed by atoms with Gasteiger partial charge >= 0.3 is 0 Å². The summed E-state index contributed by atoms with van der Waals surface area (Å²) in [4.78, 5) is 11.5. The minimum absolute atomic E-state index is 0.122. The summed E-state index contributed by atoms with van der Waals surface area (Å²) < 4.78 is 5.65. The van der Waals surface area contributed by atoms with Gasteiger partial charge in [-0.3, -0.25) is 4.79 Å². The molecule has 0 saturated carbocycles. The molecule has 2 nitrogen and oxygen atoms in total. The van der Waals surface area contributed by atoms with Crippen molar-refractivity contribution in [1.29, 1.82) is 0 Å². The van der Waals surface area contributed by atoms with Crippen LogP contribution in [0.2, 0.25) is 0 Å². The Morgan fingerprint density at radius 3 is 2.81 bits per heavy atom. The third-order valence-electron chi connectivity index (χ3n) is 2.67. The first kappa shape index (κ1) is 11.2. The maximum Gasteiger partial charge on any atom is 0.141 e. The minimum atomic E-state index is 0.122. The molecule has 0 saturated heterocycles. The summed E-state index contributed by atoms with van der Waals surface area (Å²) in [5.74, 6) is 1.26. The van der Waals surface area contributed by atoms with Crippen molar-refractivity contribution in [1.82, 2.24) is 0 Å². The zero-order valence-corrected chi connectivity index (χ0v) is 9.88. The van der Waals surface area contributed by atoms with E-state index < -0.39 is 0 Å². The first-order valence-corrected chi connectivity index (χ1v) is 5.80. The largest absolute Gasteiger partial charge is 0.460 e.